The second kappa shape index (κ2) is 5.16. The Labute approximate surface area is 122 Å². The summed E-state index contributed by atoms with van der Waals surface area (Å²) in [7, 11) is 0. The Morgan fingerprint density at radius 1 is 1.42 bits per heavy atom. The molecule has 4 heteroatoms. The standard InChI is InChI=1S/C15H20BrN3/c1-11(2)10-19(12-6-7-12)15-13(9-16)18-8-4-3-5-14(18)17-15/h3-5,8,11-12H,6-7,9-10H2,1-2H3. The summed E-state index contributed by atoms with van der Waals surface area (Å²) in [5.74, 6) is 1.83. The fraction of sp³-hybridized carbons (Fsp3) is 0.533. The van der Waals surface area contributed by atoms with Crippen LogP contribution in [-0.2, 0) is 5.33 Å². The topological polar surface area (TPSA) is 20.5 Å². The summed E-state index contributed by atoms with van der Waals surface area (Å²) in [5, 5.41) is 0.842. The van der Waals surface area contributed by atoms with E-state index in [4.69, 9.17) is 4.98 Å². The molecule has 1 aliphatic rings. The van der Waals surface area contributed by atoms with Crippen LogP contribution in [0.2, 0.25) is 0 Å². The quantitative estimate of drug-likeness (QED) is 0.779. The number of hydrogen-bond acceptors (Lipinski definition) is 2. The van der Waals surface area contributed by atoms with Gasteiger partial charge in [0, 0.05) is 24.1 Å². The summed E-state index contributed by atoms with van der Waals surface area (Å²) >= 11 is 3.63. The molecular formula is C15H20BrN3. The minimum atomic E-state index is 0.661. The van der Waals surface area contributed by atoms with Crippen molar-refractivity contribution in [1.82, 2.24) is 9.38 Å². The zero-order chi connectivity index (χ0) is 13.4. The van der Waals surface area contributed by atoms with E-state index < -0.39 is 0 Å². The first-order valence-corrected chi connectivity index (χ1v) is 8.11. The maximum Gasteiger partial charge on any atom is 0.152 e. The highest BCUT2D eigenvalue weighted by Gasteiger charge is 2.32. The molecule has 0 bridgehead atoms. The number of anilines is 1. The molecule has 2 heterocycles. The Kier molecular flexibility index (Phi) is 3.52. The Hall–Kier alpha value is -1.03. The van der Waals surface area contributed by atoms with Gasteiger partial charge in [-0.2, -0.15) is 0 Å². The van der Waals surface area contributed by atoms with E-state index in [0.717, 1.165) is 17.5 Å². The van der Waals surface area contributed by atoms with Crippen LogP contribution in [0.25, 0.3) is 5.65 Å². The van der Waals surface area contributed by atoms with Crippen LogP contribution in [0, 0.1) is 5.92 Å². The molecule has 19 heavy (non-hydrogen) atoms. The van der Waals surface area contributed by atoms with Gasteiger partial charge in [0.25, 0.3) is 0 Å². The Morgan fingerprint density at radius 2 is 2.21 bits per heavy atom. The maximum atomic E-state index is 4.86. The first-order valence-electron chi connectivity index (χ1n) is 6.99. The Bertz CT molecular complexity index is 572. The Morgan fingerprint density at radius 3 is 2.84 bits per heavy atom. The van der Waals surface area contributed by atoms with Crippen LogP contribution in [0.5, 0.6) is 0 Å². The smallest absolute Gasteiger partial charge is 0.152 e. The lowest BCUT2D eigenvalue weighted by Crippen LogP contribution is -2.30. The largest absolute Gasteiger partial charge is 0.352 e. The number of alkyl halides is 1. The van der Waals surface area contributed by atoms with Gasteiger partial charge in [0.2, 0.25) is 0 Å². The highest BCUT2D eigenvalue weighted by Crippen LogP contribution is 2.34. The molecule has 1 fully saturated rings. The molecule has 1 saturated carbocycles. The molecule has 1 aliphatic carbocycles. The lowest BCUT2D eigenvalue weighted by molar-refractivity contribution is 0.602. The van der Waals surface area contributed by atoms with Gasteiger partial charge in [0.15, 0.2) is 5.82 Å². The summed E-state index contributed by atoms with van der Waals surface area (Å²) < 4.78 is 2.19. The molecular weight excluding hydrogens is 302 g/mol. The zero-order valence-corrected chi connectivity index (χ0v) is 13.1. The molecule has 0 aromatic carbocycles. The van der Waals surface area contributed by atoms with E-state index in [1.54, 1.807) is 0 Å². The zero-order valence-electron chi connectivity index (χ0n) is 11.5. The molecule has 0 unspecified atom stereocenters. The van der Waals surface area contributed by atoms with Crippen LogP contribution in [-0.4, -0.2) is 22.0 Å². The third-order valence-electron chi connectivity index (χ3n) is 3.56. The van der Waals surface area contributed by atoms with Crippen LogP contribution in [0.3, 0.4) is 0 Å². The van der Waals surface area contributed by atoms with Crippen LogP contribution in [0.4, 0.5) is 5.82 Å². The first-order chi connectivity index (χ1) is 9.20. The van der Waals surface area contributed by atoms with Crippen molar-refractivity contribution < 1.29 is 0 Å². The van der Waals surface area contributed by atoms with E-state index in [1.165, 1.54) is 24.4 Å². The monoisotopic (exact) mass is 321 g/mol. The molecule has 3 nitrogen and oxygen atoms in total. The van der Waals surface area contributed by atoms with Crippen molar-refractivity contribution in [1.29, 1.82) is 0 Å². The van der Waals surface area contributed by atoms with Gasteiger partial charge in [-0.15, -0.1) is 0 Å². The number of hydrogen-bond donors (Lipinski definition) is 0. The van der Waals surface area contributed by atoms with Gasteiger partial charge < -0.3 is 9.30 Å². The molecule has 102 valence electrons. The number of nitrogens with zero attached hydrogens (tertiary/aromatic N) is 3. The van der Waals surface area contributed by atoms with Gasteiger partial charge in [-0.05, 0) is 30.9 Å². The summed E-state index contributed by atoms with van der Waals surface area (Å²) in [6, 6.07) is 6.89. The van der Waals surface area contributed by atoms with E-state index in [9.17, 15) is 0 Å². The number of imidazole rings is 1. The molecule has 0 radical (unpaired) electrons. The number of aromatic nitrogens is 2. The minimum absolute atomic E-state index is 0.661. The van der Waals surface area contributed by atoms with Crippen molar-refractivity contribution in [3.8, 4) is 0 Å². The predicted molar refractivity (Wildman–Crippen MR) is 83.0 cm³/mol. The molecule has 0 N–H and O–H groups in total. The average Bonchev–Trinajstić information content (AvgIpc) is 3.16. The second-order valence-electron chi connectivity index (χ2n) is 5.72. The number of pyridine rings is 1. The van der Waals surface area contributed by atoms with Gasteiger partial charge in [-0.3, -0.25) is 0 Å². The minimum Gasteiger partial charge on any atom is -0.352 e. The van der Waals surface area contributed by atoms with Gasteiger partial charge in [0.05, 0.1) is 5.69 Å². The molecule has 0 spiro atoms. The molecule has 0 atom stereocenters. The van der Waals surface area contributed by atoms with Crippen molar-refractivity contribution in [3.63, 3.8) is 0 Å². The van der Waals surface area contributed by atoms with Crippen LogP contribution < -0.4 is 4.90 Å². The number of fused-ring (bicyclic) bond motifs is 1. The van der Waals surface area contributed by atoms with Crippen LogP contribution in [0.15, 0.2) is 24.4 Å². The second-order valence-corrected chi connectivity index (χ2v) is 6.28. The van der Waals surface area contributed by atoms with Crippen molar-refractivity contribution in [2.45, 2.75) is 38.1 Å². The molecule has 2 aromatic rings. The maximum absolute atomic E-state index is 4.86. The van der Waals surface area contributed by atoms with E-state index in [-0.39, 0.29) is 0 Å². The van der Waals surface area contributed by atoms with Gasteiger partial charge in [-0.1, -0.05) is 35.8 Å². The van der Waals surface area contributed by atoms with Crippen molar-refractivity contribution >= 4 is 27.4 Å². The average molecular weight is 322 g/mol. The summed E-state index contributed by atoms with van der Waals surface area (Å²) in [4.78, 5) is 7.37. The third kappa shape index (κ3) is 2.50. The van der Waals surface area contributed by atoms with Gasteiger partial charge in [0.1, 0.15) is 5.65 Å². The van der Waals surface area contributed by atoms with Crippen LogP contribution in [0.1, 0.15) is 32.4 Å². The van der Waals surface area contributed by atoms with Crippen LogP contribution >= 0.6 is 15.9 Å². The van der Waals surface area contributed by atoms with Gasteiger partial charge in [-0.25, -0.2) is 4.98 Å². The van der Waals surface area contributed by atoms with E-state index in [2.05, 4.69) is 57.4 Å². The predicted octanol–water partition coefficient (Wildman–Crippen LogP) is 3.85. The van der Waals surface area contributed by atoms with E-state index in [0.29, 0.717) is 12.0 Å². The summed E-state index contributed by atoms with van der Waals surface area (Å²) in [5.41, 5.74) is 2.31. The van der Waals surface area contributed by atoms with E-state index in [1.807, 2.05) is 6.07 Å². The fourth-order valence-corrected chi connectivity index (χ4v) is 3.10. The lowest BCUT2D eigenvalue weighted by atomic mass is 10.2. The summed E-state index contributed by atoms with van der Waals surface area (Å²) in [6.07, 6.45) is 4.72. The van der Waals surface area contributed by atoms with Crippen molar-refractivity contribution in [2.24, 2.45) is 5.92 Å². The molecule has 0 aliphatic heterocycles. The molecule has 0 amide bonds. The first kappa shape index (κ1) is 13.0. The highest BCUT2D eigenvalue weighted by atomic mass is 79.9. The number of halogens is 1. The number of rotatable bonds is 5. The van der Waals surface area contributed by atoms with Gasteiger partial charge >= 0.3 is 0 Å². The fourth-order valence-electron chi connectivity index (χ4n) is 2.58. The lowest BCUT2D eigenvalue weighted by Gasteiger charge is -2.25. The SMILES string of the molecule is CC(C)CN(c1nc2ccccn2c1CBr)C1CC1. The Balaban J connectivity index is 2.06. The third-order valence-corrected chi connectivity index (χ3v) is 4.09. The molecule has 0 saturated heterocycles. The van der Waals surface area contributed by atoms with Crippen molar-refractivity contribution in [3.05, 3.63) is 30.1 Å². The van der Waals surface area contributed by atoms with E-state index >= 15 is 0 Å². The molecule has 3 rings (SSSR count). The highest BCUT2D eigenvalue weighted by molar-refractivity contribution is 9.08. The van der Waals surface area contributed by atoms with Crippen molar-refractivity contribution in [2.75, 3.05) is 11.4 Å². The molecule has 2 aromatic heterocycles. The summed E-state index contributed by atoms with van der Waals surface area (Å²) in [6.45, 7) is 5.65. The normalized spacial score (nSPS) is 15.4.